The predicted octanol–water partition coefficient (Wildman–Crippen LogP) is 3.25. The van der Waals surface area contributed by atoms with Crippen LogP contribution in [-0.4, -0.2) is 51.5 Å². The Bertz CT molecular complexity index is 1100. The minimum atomic E-state index is -3.47. The lowest BCUT2D eigenvalue weighted by molar-refractivity contribution is 0.294. The molecule has 2 aromatic heterocycles. The second kappa shape index (κ2) is 9.78. The Hall–Kier alpha value is -2.45. The lowest BCUT2D eigenvalue weighted by atomic mass is 10.1. The third kappa shape index (κ3) is 5.62. The zero-order chi connectivity index (χ0) is 22.6. The van der Waals surface area contributed by atoms with E-state index in [1.807, 2.05) is 41.4 Å². The lowest BCUT2D eigenvalue weighted by Crippen LogP contribution is -2.26. The summed E-state index contributed by atoms with van der Waals surface area (Å²) in [4.78, 5) is 6.52. The van der Waals surface area contributed by atoms with Crippen LogP contribution in [0.2, 0.25) is 0 Å². The molecule has 8 heteroatoms. The van der Waals surface area contributed by atoms with E-state index in [-0.39, 0.29) is 5.16 Å². The Balaban J connectivity index is 1.78. The number of sulfone groups is 1. The van der Waals surface area contributed by atoms with Gasteiger partial charge in [-0.2, -0.15) is 5.10 Å². The van der Waals surface area contributed by atoms with Crippen molar-refractivity contribution in [3.05, 3.63) is 65.2 Å². The molecule has 0 fully saturated rings. The molecule has 0 unspecified atom stereocenters. The fraction of sp³-hybridized carbons (Fsp3) is 0.478. The molecule has 0 atom stereocenters. The summed E-state index contributed by atoms with van der Waals surface area (Å²) in [5.41, 5.74) is 4.24. The van der Waals surface area contributed by atoms with Crippen LogP contribution in [0.1, 0.15) is 36.5 Å². The normalized spacial score (nSPS) is 12.2. The van der Waals surface area contributed by atoms with E-state index >= 15 is 0 Å². The number of rotatable bonds is 10. The van der Waals surface area contributed by atoms with Gasteiger partial charge in [0.1, 0.15) is 0 Å². The van der Waals surface area contributed by atoms with Gasteiger partial charge in [0.25, 0.3) is 0 Å². The third-order valence-corrected chi connectivity index (χ3v) is 7.55. The van der Waals surface area contributed by atoms with Crippen LogP contribution in [0.3, 0.4) is 0 Å². The van der Waals surface area contributed by atoms with Gasteiger partial charge in [0, 0.05) is 25.3 Å². The molecule has 1 aromatic carbocycles. The molecule has 7 nitrogen and oxygen atoms in total. The van der Waals surface area contributed by atoms with E-state index < -0.39 is 15.1 Å². The fourth-order valence-electron chi connectivity index (χ4n) is 3.60. The minimum Gasteiger partial charge on any atom is -0.317 e. The Labute approximate surface area is 185 Å². The zero-order valence-electron chi connectivity index (χ0n) is 19.1. The number of hydrogen-bond donors (Lipinski definition) is 0. The molecular formula is C23H33N5O2S. The smallest absolute Gasteiger partial charge is 0.228 e. The zero-order valence-corrected chi connectivity index (χ0v) is 19.9. The van der Waals surface area contributed by atoms with Crippen LogP contribution in [0.25, 0.3) is 0 Å². The molecule has 0 saturated heterocycles. The summed E-state index contributed by atoms with van der Waals surface area (Å²) in [5.74, 6) is 0. The molecule has 0 aliphatic carbocycles. The van der Waals surface area contributed by atoms with Gasteiger partial charge < -0.3 is 4.57 Å². The van der Waals surface area contributed by atoms with Gasteiger partial charge in [0.2, 0.25) is 15.0 Å². The highest BCUT2D eigenvalue weighted by Crippen LogP contribution is 2.19. The quantitative estimate of drug-likeness (QED) is 0.481. The second-order valence-electron chi connectivity index (χ2n) is 8.40. The minimum absolute atomic E-state index is 0.167. The highest BCUT2D eigenvalue weighted by Gasteiger charge is 2.26. The summed E-state index contributed by atoms with van der Waals surface area (Å²) in [7, 11) is -1.43. The lowest BCUT2D eigenvalue weighted by Gasteiger charge is -2.19. The van der Waals surface area contributed by atoms with Gasteiger partial charge in [-0.15, -0.1) is 0 Å². The maximum atomic E-state index is 12.9. The number of likely N-dealkylation sites (N-methyl/N-ethyl adjacent to an activating group) is 1. The Morgan fingerprint density at radius 3 is 2.42 bits per heavy atom. The number of aromatic nitrogens is 4. The Kier molecular flexibility index (Phi) is 7.33. The van der Waals surface area contributed by atoms with Crippen LogP contribution in [0.5, 0.6) is 0 Å². The molecule has 3 aromatic rings. The van der Waals surface area contributed by atoms with Gasteiger partial charge in [-0.05, 0) is 52.8 Å². The number of hydrogen-bond acceptors (Lipinski definition) is 5. The van der Waals surface area contributed by atoms with Crippen molar-refractivity contribution in [1.82, 2.24) is 24.2 Å². The van der Waals surface area contributed by atoms with Crippen molar-refractivity contribution in [3.8, 4) is 0 Å². The monoisotopic (exact) mass is 443 g/mol. The number of aryl methyl sites for hydroxylation is 3. The van der Waals surface area contributed by atoms with Crippen molar-refractivity contribution in [2.75, 3.05) is 13.6 Å². The van der Waals surface area contributed by atoms with Crippen molar-refractivity contribution < 1.29 is 8.42 Å². The highest BCUT2D eigenvalue weighted by atomic mass is 32.2. The van der Waals surface area contributed by atoms with E-state index in [0.29, 0.717) is 13.1 Å². The summed E-state index contributed by atoms with van der Waals surface area (Å²) in [5, 5.41) is 4.17. The van der Waals surface area contributed by atoms with Crippen LogP contribution in [0, 0.1) is 13.8 Å². The van der Waals surface area contributed by atoms with Gasteiger partial charge in [-0.1, -0.05) is 30.3 Å². The molecule has 0 aliphatic heterocycles. The first-order chi connectivity index (χ1) is 14.7. The molecule has 0 bridgehead atoms. The SMILES string of the molecule is Cc1cc(C)n(CCN(C)Cc2cnc(S(=O)(=O)C(C)C)n2CCc2ccccc2)n1. The van der Waals surface area contributed by atoms with Crippen molar-refractivity contribution in [2.45, 2.75) is 64.2 Å². The number of nitrogens with zero attached hydrogens (tertiary/aromatic N) is 5. The largest absolute Gasteiger partial charge is 0.317 e. The standard InChI is InChI=1S/C23H33N5O2S/c1-18(2)31(29,30)23-24-16-22(27(23)12-11-21-9-7-6-8-10-21)17-26(5)13-14-28-20(4)15-19(3)25-28/h6-10,15-16,18H,11-14,17H2,1-5H3. The first kappa shape index (κ1) is 23.2. The molecule has 0 aliphatic rings. The molecule has 3 rings (SSSR count). The molecule has 0 amide bonds. The van der Waals surface area contributed by atoms with E-state index in [4.69, 9.17) is 0 Å². The average molecular weight is 444 g/mol. The molecular weight excluding hydrogens is 410 g/mol. The molecule has 0 radical (unpaired) electrons. The first-order valence-electron chi connectivity index (χ1n) is 10.7. The van der Waals surface area contributed by atoms with Crippen LogP contribution < -0.4 is 0 Å². The number of imidazole rings is 1. The van der Waals surface area contributed by atoms with Crippen LogP contribution >= 0.6 is 0 Å². The summed E-state index contributed by atoms with van der Waals surface area (Å²) in [6.07, 6.45) is 2.46. The number of benzene rings is 1. The highest BCUT2D eigenvalue weighted by molar-refractivity contribution is 7.91. The van der Waals surface area contributed by atoms with E-state index in [2.05, 4.69) is 40.1 Å². The van der Waals surface area contributed by atoms with E-state index in [1.54, 1.807) is 20.0 Å². The summed E-state index contributed by atoms with van der Waals surface area (Å²) in [6.45, 7) is 10.2. The van der Waals surface area contributed by atoms with Crippen molar-refractivity contribution in [3.63, 3.8) is 0 Å². The molecule has 2 heterocycles. The van der Waals surface area contributed by atoms with Crippen LogP contribution in [0.4, 0.5) is 0 Å². The van der Waals surface area contributed by atoms with E-state index in [0.717, 1.165) is 36.6 Å². The van der Waals surface area contributed by atoms with E-state index in [1.165, 1.54) is 5.56 Å². The summed E-state index contributed by atoms with van der Waals surface area (Å²) in [6, 6.07) is 12.2. The maximum absolute atomic E-state index is 12.9. The van der Waals surface area contributed by atoms with Gasteiger partial charge in [-0.3, -0.25) is 9.58 Å². The van der Waals surface area contributed by atoms with Gasteiger partial charge in [0.05, 0.1) is 29.4 Å². The summed E-state index contributed by atoms with van der Waals surface area (Å²) < 4.78 is 29.7. The Morgan fingerprint density at radius 2 is 1.81 bits per heavy atom. The average Bonchev–Trinajstić information content (AvgIpc) is 3.27. The Morgan fingerprint density at radius 1 is 1.10 bits per heavy atom. The first-order valence-corrected chi connectivity index (χ1v) is 12.2. The third-order valence-electron chi connectivity index (χ3n) is 5.47. The molecule has 0 spiro atoms. The van der Waals surface area contributed by atoms with Crippen LogP contribution in [0.15, 0.2) is 47.8 Å². The van der Waals surface area contributed by atoms with Gasteiger partial charge in [-0.25, -0.2) is 13.4 Å². The second-order valence-corrected chi connectivity index (χ2v) is 10.8. The van der Waals surface area contributed by atoms with Crippen molar-refractivity contribution in [1.29, 1.82) is 0 Å². The molecule has 0 saturated carbocycles. The topological polar surface area (TPSA) is 73.0 Å². The molecule has 31 heavy (non-hydrogen) atoms. The van der Waals surface area contributed by atoms with Crippen molar-refractivity contribution in [2.24, 2.45) is 0 Å². The summed E-state index contributed by atoms with van der Waals surface area (Å²) >= 11 is 0. The maximum Gasteiger partial charge on any atom is 0.228 e. The van der Waals surface area contributed by atoms with Gasteiger partial charge in [0.15, 0.2) is 0 Å². The van der Waals surface area contributed by atoms with E-state index in [9.17, 15) is 8.42 Å². The van der Waals surface area contributed by atoms with Gasteiger partial charge >= 0.3 is 0 Å². The molecule has 168 valence electrons. The van der Waals surface area contributed by atoms with Crippen LogP contribution in [-0.2, 0) is 35.9 Å². The predicted molar refractivity (Wildman–Crippen MR) is 123 cm³/mol. The molecule has 0 N–H and O–H groups in total. The van der Waals surface area contributed by atoms with Crippen molar-refractivity contribution >= 4 is 9.84 Å². The fourth-order valence-corrected chi connectivity index (χ4v) is 4.74.